The molecule has 3 rings (SSSR count). The average molecular weight is 352 g/mol. The van der Waals surface area contributed by atoms with Crippen LogP contribution in [0.15, 0.2) is 54.1 Å². The van der Waals surface area contributed by atoms with E-state index in [1.807, 2.05) is 61.3 Å². The molecule has 1 aliphatic rings. The van der Waals surface area contributed by atoms with Crippen molar-refractivity contribution in [3.05, 3.63) is 54.1 Å². The van der Waals surface area contributed by atoms with Crippen molar-refractivity contribution < 1.29 is 9.84 Å². The zero-order valence-electron chi connectivity index (χ0n) is 15.2. The van der Waals surface area contributed by atoms with Gasteiger partial charge in [0.15, 0.2) is 5.82 Å². The minimum atomic E-state index is -0.177. The summed E-state index contributed by atoms with van der Waals surface area (Å²) in [6.45, 7) is 5.96. The molecule has 0 aromatic carbocycles. The molecule has 0 aliphatic carbocycles. The van der Waals surface area contributed by atoms with Crippen LogP contribution in [0.4, 0.5) is 5.82 Å². The Morgan fingerprint density at radius 2 is 2.38 bits per heavy atom. The number of ether oxygens (including phenoxy) is 1. The summed E-state index contributed by atoms with van der Waals surface area (Å²) in [7, 11) is 0. The SMILES string of the molecule is C/C=C\C(C)=C=C/C=C/n1nc(N2CCOC(CO)C2)c2ccncc21. The standard InChI is InChI=1S/C20H24N4O2/c1-3-6-16(2)7-4-5-10-24-19-13-21-9-8-18(19)20(22-24)23-11-12-26-17(14-23)15-25/h3-6,8-10,13,17,25H,11-12,14-15H2,1-2H3/b6-3-,10-5+. The summed E-state index contributed by atoms with van der Waals surface area (Å²) < 4.78 is 7.37. The van der Waals surface area contributed by atoms with Gasteiger partial charge in [0.1, 0.15) is 0 Å². The largest absolute Gasteiger partial charge is 0.394 e. The zero-order valence-corrected chi connectivity index (χ0v) is 15.2. The van der Waals surface area contributed by atoms with E-state index >= 15 is 0 Å². The van der Waals surface area contributed by atoms with E-state index in [2.05, 4.69) is 15.6 Å². The molecule has 6 nitrogen and oxygen atoms in total. The fourth-order valence-electron chi connectivity index (χ4n) is 2.94. The molecule has 1 N–H and O–H groups in total. The maximum absolute atomic E-state index is 9.38. The fourth-order valence-corrected chi connectivity index (χ4v) is 2.94. The number of hydrogen-bond acceptors (Lipinski definition) is 5. The van der Waals surface area contributed by atoms with Crippen molar-refractivity contribution in [3.8, 4) is 0 Å². The van der Waals surface area contributed by atoms with E-state index in [0.717, 1.165) is 28.8 Å². The maximum Gasteiger partial charge on any atom is 0.159 e. The highest BCUT2D eigenvalue weighted by atomic mass is 16.5. The van der Waals surface area contributed by atoms with Gasteiger partial charge >= 0.3 is 0 Å². The molecule has 0 saturated carbocycles. The molecule has 1 aliphatic heterocycles. The number of hydrogen-bond donors (Lipinski definition) is 1. The van der Waals surface area contributed by atoms with E-state index < -0.39 is 0 Å². The Morgan fingerprint density at radius 1 is 1.50 bits per heavy atom. The molecule has 0 spiro atoms. The van der Waals surface area contributed by atoms with E-state index in [-0.39, 0.29) is 12.7 Å². The molecular weight excluding hydrogens is 328 g/mol. The molecule has 1 fully saturated rings. The van der Waals surface area contributed by atoms with Gasteiger partial charge in [-0.2, -0.15) is 0 Å². The molecule has 0 amide bonds. The lowest BCUT2D eigenvalue weighted by molar-refractivity contribution is 0.00342. The van der Waals surface area contributed by atoms with Gasteiger partial charge in [0.05, 0.1) is 31.0 Å². The minimum Gasteiger partial charge on any atom is -0.394 e. The van der Waals surface area contributed by atoms with E-state index in [4.69, 9.17) is 9.84 Å². The van der Waals surface area contributed by atoms with Crippen molar-refractivity contribution >= 4 is 22.9 Å². The van der Waals surface area contributed by atoms with Crippen LogP contribution >= 0.6 is 0 Å². The highest BCUT2D eigenvalue weighted by Crippen LogP contribution is 2.27. The Balaban J connectivity index is 1.91. The first-order chi connectivity index (χ1) is 12.7. The number of aliphatic hydroxyl groups excluding tert-OH is 1. The van der Waals surface area contributed by atoms with Crippen LogP contribution in [0, 0.1) is 0 Å². The van der Waals surface area contributed by atoms with Crippen LogP contribution < -0.4 is 4.90 Å². The quantitative estimate of drug-likeness (QED) is 0.662. The van der Waals surface area contributed by atoms with Gasteiger partial charge in [-0.1, -0.05) is 12.2 Å². The van der Waals surface area contributed by atoms with Crippen molar-refractivity contribution in [1.29, 1.82) is 0 Å². The second kappa shape index (κ2) is 8.63. The van der Waals surface area contributed by atoms with Crippen molar-refractivity contribution in [2.24, 2.45) is 0 Å². The summed E-state index contributed by atoms with van der Waals surface area (Å²) in [6, 6.07) is 1.97. The molecule has 6 heteroatoms. The predicted octanol–water partition coefficient (Wildman–Crippen LogP) is 2.78. The Kier molecular flexibility index (Phi) is 6.02. The van der Waals surface area contributed by atoms with Gasteiger partial charge in [-0.05, 0) is 37.6 Å². The number of allylic oxidation sites excluding steroid dienone is 4. The summed E-state index contributed by atoms with van der Waals surface area (Å²) in [6.07, 6.45) is 13.1. The minimum absolute atomic E-state index is 0.0132. The first-order valence-corrected chi connectivity index (χ1v) is 8.75. The average Bonchev–Trinajstić information content (AvgIpc) is 3.04. The van der Waals surface area contributed by atoms with Crippen LogP contribution in [0.25, 0.3) is 17.1 Å². The van der Waals surface area contributed by atoms with Gasteiger partial charge in [0.25, 0.3) is 0 Å². The Bertz CT molecular complexity index is 875. The van der Waals surface area contributed by atoms with E-state index in [9.17, 15) is 5.11 Å². The molecule has 136 valence electrons. The topological polar surface area (TPSA) is 63.4 Å². The van der Waals surface area contributed by atoms with Crippen molar-refractivity contribution in [2.45, 2.75) is 20.0 Å². The number of aliphatic hydroxyl groups is 1. The first kappa shape index (κ1) is 18.1. The Labute approximate surface area is 153 Å². The highest BCUT2D eigenvalue weighted by Gasteiger charge is 2.23. The van der Waals surface area contributed by atoms with Crippen LogP contribution in [0.1, 0.15) is 13.8 Å². The Morgan fingerprint density at radius 3 is 3.19 bits per heavy atom. The molecule has 1 atom stereocenters. The molecule has 26 heavy (non-hydrogen) atoms. The van der Waals surface area contributed by atoms with E-state index in [1.165, 1.54) is 0 Å². The molecule has 2 aromatic rings. The molecule has 3 heterocycles. The van der Waals surface area contributed by atoms with Gasteiger partial charge in [0, 0.05) is 30.9 Å². The predicted molar refractivity (Wildman–Crippen MR) is 104 cm³/mol. The fraction of sp³-hybridized carbons (Fsp3) is 0.350. The smallest absolute Gasteiger partial charge is 0.159 e. The lowest BCUT2D eigenvalue weighted by Crippen LogP contribution is -2.44. The zero-order chi connectivity index (χ0) is 18.4. The normalized spacial score (nSPS) is 18.0. The number of fused-ring (bicyclic) bond motifs is 1. The second-order valence-electron chi connectivity index (χ2n) is 6.12. The van der Waals surface area contributed by atoms with Crippen LogP contribution in [-0.2, 0) is 4.74 Å². The molecule has 2 aromatic heterocycles. The van der Waals surface area contributed by atoms with E-state index in [0.29, 0.717) is 13.2 Å². The van der Waals surface area contributed by atoms with Gasteiger partial charge in [0.2, 0.25) is 0 Å². The molecule has 0 radical (unpaired) electrons. The van der Waals surface area contributed by atoms with Gasteiger partial charge in [-0.15, -0.1) is 10.8 Å². The number of morpholine rings is 1. The number of rotatable bonds is 5. The molecular formula is C20H24N4O2. The maximum atomic E-state index is 9.38. The van der Waals surface area contributed by atoms with Gasteiger partial charge < -0.3 is 14.7 Å². The summed E-state index contributed by atoms with van der Waals surface area (Å²) in [5.41, 5.74) is 5.19. The Hall–Kier alpha value is -2.66. The van der Waals surface area contributed by atoms with Gasteiger partial charge in [-0.25, -0.2) is 4.68 Å². The first-order valence-electron chi connectivity index (χ1n) is 8.75. The second-order valence-corrected chi connectivity index (χ2v) is 6.12. The van der Waals surface area contributed by atoms with Crippen molar-refractivity contribution in [2.75, 3.05) is 31.2 Å². The highest BCUT2D eigenvalue weighted by molar-refractivity contribution is 5.91. The molecule has 0 bridgehead atoms. The van der Waals surface area contributed by atoms with Crippen LogP contribution in [0.2, 0.25) is 0 Å². The third-order valence-corrected chi connectivity index (χ3v) is 4.18. The summed E-state index contributed by atoms with van der Waals surface area (Å²) in [4.78, 5) is 6.38. The van der Waals surface area contributed by atoms with E-state index in [1.54, 1.807) is 6.20 Å². The van der Waals surface area contributed by atoms with Gasteiger partial charge in [-0.3, -0.25) is 4.98 Å². The molecule has 1 saturated heterocycles. The number of aromatic nitrogens is 3. The van der Waals surface area contributed by atoms with Crippen LogP contribution in [0.3, 0.4) is 0 Å². The summed E-state index contributed by atoms with van der Waals surface area (Å²) in [5.74, 6) is 0.887. The third kappa shape index (κ3) is 4.11. The van der Waals surface area contributed by atoms with Crippen molar-refractivity contribution in [1.82, 2.24) is 14.8 Å². The van der Waals surface area contributed by atoms with Crippen LogP contribution in [-0.4, -0.2) is 52.3 Å². The number of pyridine rings is 1. The lowest BCUT2D eigenvalue weighted by Gasteiger charge is -2.32. The monoisotopic (exact) mass is 352 g/mol. The van der Waals surface area contributed by atoms with Crippen LogP contribution in [0.5, 0.6) is 0 Å². The third-order valence-electron chi connectivity index (χ3n) is 4.18. The van der Waals surface area contributed by atoms with Crippen molar-refractivity contribution in [3.63, 3.8) is 0 Å². The summed E-state index contributed by atoms with van der Waals surface area (Å²) >= 11 is 0. The number of anilines is 1. The lowest BCUT2D eigenvalue weighted by atomic mass is 10.2. The molecule has 1 unspecified atom stereocenters. The summed E-state index contributed by atoms with van der Waals surface area (Å²) in [5, 5.41) is 15.2. The number of nitrogens with zero attached hydrogens (tertiary/aromatic N) is 4.